The summed E-state index contributed by atoms with van der Waals surface area (Å²) in [7, 11) is 2.03. The van der Waals surface area contributed by atoms with Gasteiger partial charge in [0, 0.05) is 19.6 Å². The Balaban J connectivity index is 1.37. The maximum atomic E-state index is 13.9. The molecule has 1 radical (unpaired) electrons. The number of amides is 2. The number of carbonyl (C=O) groups excluding carboxylic acids is 2. The molecule has 0 bridgehead atoms. The van der Waals surface area contributed by atoms with Gasteiger partial charge in [0.1, 0.15) is 13.0 Å². The van der Waals surface area contributed by atoms with Gasteiger partial charge >= 0.3 is 0 Å². The van der Waals surface area contributed by atoms with Gasteiger partial charge in [-0.1, -0.05) is 74.5 Å². The van der Waals surface area contributed by atoms with Crippen molar-refractivity contribution in [3.63, 3.8) is 0 Å². The lowest BCUT2D eigenvalue weighted by molar-refractivity contribution is -0.136. The number of benzene rings is 2. The first-order chi connectivity index (χ1) is 17.5. The van der Waals surface area contributed by atoms with Crippen LogP contribution in [0.1, 0.15) is 44.6 Å². The van der Waals surface area contributed by atoms with Crippen molar-refractivity contribution in [3.8, 4) is 5.75 Å². The fourth-order valence-electron chi connectivity index (χ4n) is 5.09. The molecule has 2 aliphatic heterocycles. The minimum Gasteiger partial charge on any atom is -0.484 e. The van der Waals surface area contributed by atoms with Gasteiger partial charge < -0.3 is 15.4 Å². The van der Waals surface area contributed by atoms with Crippen LogP contribution < -0.4 is 15.9 Å². The van der Waals surface area contributed by atoms with Crippen molar-refractivity contribution in [1.29, 1.82) is 0 Å². The summed E-state index contributed by atoms with van der Waals surface area (Å²) >= 11 is 0. The van der Waals surface area contributed by atoms with E-state index in [0.29, 0.717) is 37.8 Å². The van der Waals surface area contributed by atoms with E-state index in [1.807, 2.05) is 67.5 Å². The first-order valence-corrected chi connectivity index (χ1v) is 13.0. The third-order valence-electron chi connectivity index (χ3n) is 7.28. The van der Waals surface area contributed by atoms with Gasteiger partial charge in [-0.2, -0.15) is 0 Å². The second-order valence-electron chi connectivity index (χ2n) is 9.69. The van der Waals surface area contributed by atoms with Crippen LogP contribution in [-0.4, -0.2) is 61.1 Å². The SMILES string of the molecule is C[B]c1cccc(C2(CCCC)N=C(N)N(CC3CCN(C(=O)COc4ccccc4)CC3)C2=O)c1. The predicted molar refractivity (Wildman–Crippen MR) is 143 cm³/mol. The number of piperidine rings is 1. The van der Waals surface area contributed by atoms with Gasteiger partial charge in [-0.15, -0.1) is 0 Å². The predicted octanol–water partition coefficient (Wildman–Crippen LogP) is 2.92. The molecule has 8 heteroatoms. The van der Waals surface area contributed by atoms with E-state index < -0.39 is 5.54 Å². The molecule has 0 saturated carbocycles. The van der Waals surface area contributed by atoms with E-state index in [1.54, 1.807) is 4.90 Å². The van der Waals surface area contributed by atoms with Crippen molar-refractivity contribution in [2.75, 3.05) is 26.2 Å². The molecule has 0 aromatic heterocycles. The van der Waals surface area contributed by atoms with E-state index in [1.165, 1.54) is 0 Å². The molecule has 1 atom stereocenters. The van der Waals surface area contributed by atoms with Gasteiger partial charge in [0.2, 0.25) is 0 Å². The number of likely N-dealkylation sites (tertiary alicyclic amines) is 1. The van der Waals surface area contributed by atoms with Crippen LogP contribution in [0.4, 0.5) is 0 Å². The highest BCUT2D eigenvalue weighted by Crippen LogP contribution is 2.38. The normalized spacial score (nSPS) is 20.4. The number of hydrogen-bond donors (Lipinski definition) is 1. The van der Waals surface area contributed by atoms with Gasteiger partial charge in [0.25, 0.3) is 11.8 Å². The molecule has 189 valence electrons. The zero-order chi connectivity index (χ0) is 25.5. The van der Waals surface area contributed by atoms with Crippen LogP contribution >= 0.6 is 0 Å². The number of rotatable bonds is 10. The van der Waals surface area contributed by atoms with Crippen LogP contribution in [0.2, 0.25) is 6.82 Å². The molecule has 0 aliphatic carbocycles. The number of para-hydroxylation sites is 1. The van der Waals surface area contributed by atoms with Crippen LogP contribution in [0.5, 0.6) is 5.75 Å². The Bertz CT molecular complexity index is 1090. The standard InChI is InChI=1S/C28H36BN4O3/c1-3-4-15-28(22-9-8-10-23(18-22)29-2)26(35)33(27(30)31-28)19-21-13-16-32(17-14-21)25(34)20-36-24-11-6-5-7-12-24/h5-12,18,21H,3-4,13-17,19-20H2,1-2H3,(H2,30,31). The molecular formula is C28H36BN4O3. The number of nitrogens with zero attached hydrogens (tertiary/aromatic N) is 3. The fraction of sp³-hybridized carbons (Fsp3) is 0.464. The minimum absolute atomic E-state index is 0.0122. The number of unbranched alkanes of at least 4 members (excludes halogenated alkanes) is 1. The highest BCUT2D eigenvalue weighted by molar-refractivity contribution is 6.51. The monoisotopic (exact) mass is 487 g/mol. The average Bonchev–Trinajstić information content (AvgIpc) is 3.16. The molecule has 7 nitrogen and oxygen atoms in total. The quantitative estimate of drug-likeness (QED) is 0.522. The highest BCUT2D eigenvalue weighted by Gasteiger charge is 2.49. The van der Waals surface area contributed by atoms with Crippen LogP contribution in [-0.2, 0) is 15.1 Å². The summed E-state index contributed by atoms with van der Waals surface area (Å²) in [6.07, 6.45) is 4.14. The number of hydrogen-bond acceptors (Lipinski definition) is 5. The lowest BCUT2D eigenvalue weighted by Crippen LogP contribution is -2.48. The molecule has 1 unspecified atom stereocenters. The average molecular weight is 487 g/mol. The number of aliphatic imine (C=N–C) groups is 1. The minimum atomic E-state index is -0.954. The summed E-state index contributed by atoms with van der Waals surface area (Å²) in [5.41, 5.74) is 7.39. The Morgan fingerprint density at radius 3 is 2.61 bits per heavy atom. The van der Waals surface area contributed by atoms with Crippen LogP contribution in [0.3, 0.4) is 0 Å². The molecule has 36 heavy (non-hydrogen) atoms. The van der Waals surface area contributed by atoms with Gasteiger partial charge in [0.05, 0.1) is 0 Å². The van der Waals surface area contributed by atoms with Crippen LogP contribution in [0.25, 0.3) is 0 Å². The molecule has 2 aliphatic rings. The Morgan fingerprint density at radius 1 is 1.17 bits per heavy atom. The first kappa shape index (κ1) is 25.8. The lowest BCUT2D eigenvalue weighted by atomic mass is 9.71. The molecule has 0 spiro atoms. The van der Waals surface area contributed by atoms with Crippen LogP contribution in [0, 0.1) is 5.92 Å². The molecule has 4 rings (SSSR count). The molecule has 2 amide bonds. The van der Waals surface area contributed by atoms with E-state index in [9.17, 15) is 9.59 Å². The van der Waals surface area contributed by atoms with Crippen molar-refractivity contribution >= 4 is 30.5 Å². The van der Waals surface area contributed by atoms with Gasteiger partial charge in [0.15, 0.2) is 18.1 Å². The number of guanidine groups is 1. The number of nitrogens with two attached hydrogens (primary N) is 1. The Kier molecular flexibility index (Phi) is 8.34. The molecule has 2 aromatic rings. The maximum Gasteiger partial charge on any atom is 0.261 e. The van der Waals surface area contributed by atoms with Gasteiger partial charge in [-0.3, -0.25) is 14.5 Å². The summed E-state index contributed by atoms with van der Waals surface area (Å²) in [4.78, 5) is 34.8. The Hall–Kier alpha value is -3.29. The summed E-state index contributed by atoms with van der Waals surface area (Å²) < 4.78 is 5.62. The molecule has 2 aromatic carbocycles. The molecule has 2 N–H and O–H groups in total. The molecule has 2 heterocycles. The smallest absolute Gasteiger partial charge is 0.261 e. The van der Waals surface area contributed by atoms with Crippen LogP contribution in [0.15, 0.2) is 59.6 Å². The fourth-order valence-corrected chi connectivity index (χ4v) is 5.09. The van der Waals surface area contributed by atoms with Crippen molar-refractivity contribution < 1.29 is 14.3 Å². The topological polar surface area (TPSA) is 88.2 Å². The number of ether oxygens (including phenoxy) is 1. The Labute approximate surface area is 214 Å². The Morgan fingerprint density at radius 2 is 1.92 bits per heavy atom. The first-order valence-electron chi connectivity index (χ1n) is 13.0. The van der Waals surface area contributed by atoms with Crippen molar-refractivity contribution in [1.82, 2.24) is 9.80 Å². The summed E-state index contributed by atoms with van der Waals surface area (Å²) in [5, 5.41) is 0. The zero-order valence-electron chi connectivity index (χ0n) is 21.4. The molecular weight excluding hydrogens is 451 g/mol. The van der Waals surface area contributed by atoms with Crippen molar-refractivity contribution in [3.05, 3.63) is 60.2 Å². The summed E-state index contributed by atoms with van der Waals surface area (Å²) in [6, 6.07) is 17.4. The lowest BCUT2D eigenvalue weighted by Gasteiger charge is -2.34. The second-order valence-corrected chi connectivity index (χ2v) is 9.69. The van der Waals surface area contributed by atoms with Crippen molar-refractivity contribution in [2.45, 2.75) is 51.4 Å². The number of carbonyl (C=O) groups is 2. The van der Waals surface area contributed by atoms with E-state index in [0.717, 1.165) is 36.7 Å². The van der Waals surface area contributed by atoms with Crippen molar-refractivity contribution in [2.24, 2.45) is 16.6 Å². The zero-order valence-corrected chi connectivity index (χ0v) is 21.4. The van der Waals surface area contributed by atoms with E-state index >= 15 is 0 Å². The summed E-state index contributed by atoms with van der Waals surface area (Å²) in [5.74, 6) is 1.21. The third-order valence-corrected chi connectivity index (χ3v) is 7.28. The van der Waals surface area contributed by atoms with E-state index in [-0.39, 0.29) is 24.3 Å². The molecule has 1 saturated heterocycles. The second kappa shape index (κ2) is 11.6. The van der Waals surface area contributed by atoms with E-state index in [4.69, 9.17) is 15.5 Å². The van der Waals surface area contributed by atoms with Gasteiger partial charge in [-0.25, -0.2) is 4.99 Å². The van der Waals surface area contributed by atoms with Gasteiger partial charge in [-0.05, 0) is 42.9 Å². The summed E-state index contributed by atoms with van der Waals surface area (Å²) in [6.45, 7) is 5.97. The maximum absolute atomic E-state index is 13.9. The third kappa shape index (κ3) is 5.58. The highest BCUT2D eigenvalue weighted by atomic mass is 16.5. The largest absolute Gasteiger partial charge is 0.484 e. The van der Waals surface area contributed by atoms with E-state index in [2.05, 4.69) is 13.0 Å². The molecule has 1 fully saturated rings.